The molecular weight excluding hydrogens is 248 g/mol. The van der Waals surface area contributed by atoms with Gasteiger partial charge in [-0.25, -0.2) is 0 Å². The Kier molecular flexibility index (Phi) is 5.44. The van der Waals surface area contributed by atoms with Gasteiger partial charge < -0.3 is 10.0 Å². The zero-order valence-corrected chi connectivity index (χ0v) is 13.0. The van der Waals surface area contributed by atoms with Crippen molar-refractivity contribution in [1.82, 2.24) is 4.90 Å². The lowest BCUT2D eigenvalue weighted by molar-refractivity contribution is 0.174. The fourth-order valence-electron chi connectivity index (χ4n) is 3.27. The summed E-state index contributed by atoms with van der Waals surface area (Å²) in [7, 11) is 2.15. The highest BCUT2D eigenvalue weighted by atomic mass is 16.3. The van der Waals surface area contributed by atoms with Crippen molar-refractivity contribution < 1.29 is 5.11 Å². The van der Waals surface area contributed by atoms with E-state index in [1.165, 1.54) is 25.1 Å². The number of likely N-dealkylation sites (N-methyl/N-ethyl adjacent to an activating group) is 2. The molecule has 2 atom stereocenters. The van der Waals surface area contributed by atoms with Crippen LogP contribution in [0.4, 0.5) is 5.69 Å². The average Bonchev–Trinajstić information content (AvgIpc) is 2.93. The van der Waals surface area contributed by atoms with E-state index in [-0.39, 0.29) is 6.10 Å². The predicted molar refractivity (Wildman–Crippen MR) is 85.2 cm³/mol. The van der Waals surface area contributed by atoms with E-state index in [2.05, 4.69) is 35.9 Å². The van der Waals surface area contributed by atoms with E-state index in [0.29, 0.717) is 6.04 Å². The summed E-state index contributed by atoms with van der Waals surface area (Å²) in [6, 6.07) is 8.89. The van der Waals surface area contributed by atoms with Crippen molar-refractivity contribution in [3.8, 4) is 0 Å². The van der Waals surface area contributed by atoms with Crippen LogP contribution in [0.25, 0.3) is 0 Å². The molecule has 20 heavy (non-hydrogen) atoms. The summed E-state index contributed by atoms with van der Waals surface area (Å²) in [6.07, 6.45) is 3.00. The molecule has 112 valence electrons. The smallest absolute Gasteiger partial charge is 0.0807 e. The zero-order chi connectivity index (χ0) is 14.5. The third-order valence-electron chi connectivity index (χ3n) is 4.48. The van der Waals surface area contributed by atoms with Crippen molar-refractivity contribution in [3.63, 3.8) is 0 Å². The molecule has 0 bridgehead atoms. The van der Waals surface area contributed by atoms with Gasteiger partial charge in [0, 0.05) is 30.9 Å². The molecule has 0 aromatic heterocycles. The van der Waals surface area contributed by atoms with Crippen LogP contribution in [0.3, 0.4) is 0 Å². The summed E-state index contributed by atoms with van der Waals surface area (Å²) in [5, 5.41) is 10.2. The largest absolute Gasteiger partial charge is 0.388 e. The number of hydrogen-bond donors (Lipinski definition) is 1. The topological polar surface area (TPSA) is 26.7 Å². The van der Waals surface area contributed by atoms with Crippen molar-refractivity contribution >= 4 is 5.69 Å². The normalized spacial score (nSPS) is 21.1. The maximum absolute atomic E-state index is 10.2. The summed E-state index contributed by atoms with van der Waals surface area (Å²) in [6.45, 7) is 7.68. The minimum Gasteiger partial charge on any atom is -0.388 e. The van der Waals surface area contributed by atoms with E-state index in [1.54, 1.807) is 0 Å². The second-order valence-corrected chi connectivity index (χ2v) is 5.79. The van der Waals surface area contributed by atoms with Gasteiger partial charge in [0.1, 0.15) is 0 Å². The quantitative estimate of drug-likeness (QED) is 0.865. The number of likely N-dealkylation sites (tertiary alicyclic amines) is 1. The van der Waals surface area contributed by atoms with Crippen LogP contribution in [-0.4, -0.2) is 42.7 Å². The first-order valence-electron chi connectivity index (χ1n) is 7.89. The van der Waals surface area contributed by atoms with Crippen molar-refractivity contribution in [2.45, 2.75) is 45.3 Å². The summed E-state index contributed by atoms with van der Waals surface area (Å²) < 4.78 is 0. The van der Waals surface area contributed by atoms with Gasteiger partial charge in [-0.05, 0) is 38.4 Å². The fourth-order valence-corrected chi connectivity index (χ4v) is 3.27. The fraction of sp³-hybridized carbons (Fsp3) is 0.647. The predicted octanol–water partition coefficient (Wildman–Crippen LogP) is 3.05. The van der Waals surface area contributed by atoms with Gasteiger partial charge in [-0.15, -0.1) is 0 Å². The minimum atomic E-state index is -0.362. The summed E-state index contributed by atoms with van der Waals surface area (Å²) in [5.41, 5.74) is 2.23. The number of aliphatic hydroxyl groups excluding tert-OH is 1. The molecule has 0 aliphatic carbocycles. The lowest BCUT2D eigenvalue weighted by Gasteiger charge is -2.30. The number of hydrogen-bond acceptors (Lipinski definition) is 3. The summed E-state index contributed by atoms with van der Waals surface area (Å²) in [4.78, 5) is 4.88. The SMILES string of the molecule is CC[C@H](O)c1ccccc1N(C)CC1CCCN1CC. The number of nitrogens with zero attached hydrogens (tertiary/aromatic N) is 2. The molecule has 0 amide bonds. The molecule has 1 aliphatic rings. The van der Waals surface area contributed by atoms with Gasteiger partial charge in [0.15, 0.2) is 0 Å². The Morgan fingerprint density at radius 1 is 1.35 bits per heavy atom. The molecule has 1 aliphatic heterocycles. The van der Waals surface area contributed by atoms with E-state index >= 15 is 0 Å². The van der Waals surface area contributed by atoms with Crippen molar-refractivity contribution in [2.24, 2.45) is 0 Å². The third-order valence-corrected chi connectivity index (χ3v) is 4.48. The standard InChI is InChI=1S/C17H28N2O/c1-4-17(20)15-10-6-7-11-16(15)18(3)13-14-9-8-12-19(14)5-2/h6-7,10-11,14,17,20H,4-5,8-9,12-13H2,1-3H3/t14?,17-/m0/s1. The Balaban J connectivity index is 2.11. The van der Waals surface area contributed by atoms with Gasteiger partial charge in [0.05, 0.1) is 6.10 Å². The Labute approximate surface area is 123 Å². The first-order valence-corrected chi connectivity index (χ1v) is 7.89. The molecule has 1 saturated heterocycles. The molecule has 1 N–H and O–H groups in total. The first kappa shape index (κ1) is 15.3. The van der Waals surface area contributed by atoms with Crippen molar-refractivity contribution in [1.29, 1.82) is 0 Å². The highest BCUT2D eigenvalue weighted by Crippen LogP contribution is 2.28. The first-order chi connectivity index (χ1) is 9.67. The molecule has 0 radical (unpaired) electrons. The van der Waals surface area contributed by atoms with Crippen molar-refractivity contribution in [3.05, 3.63) is 29.8 Å². The summed E-state index contributed by atoms with van der Waals surface area (Å²) in [5.74, 6) is 0. The van der Waals surface area contributed by atoms with Gasteiger partial charge in [-0.2, -0.15) is 0 Å². The maximum Gasteiger partial charge on any atom is 0.0807 e. The van der Waals surface area contributed by atoms with Gasteiger partial charge >= 0.3 is 0 Å². The van der Waals surface area contributed by atoms with E-state index < -0.39 is 0 Å². The van der Waals surface area contributed by atoms with Crippen LogP contribution in [0.1, 0.15) is 44.8 Å². The van der Waals surface area contributed by atoms with Crippen molar-refractivity contribution in [2.75, 3.05) is 31.6 Å². The van der Waals surface area contributed by atoms with Gasteiger partial charge in [0.25, 0.3) is 0 Å². The Bertz CT molecular complexity index is 421. The number of aliphatic hydroxyl groups is 1. The van der Waals surface area contributed by atoms with Gasteiger partial charge in [-0.1, -0.05) is 32.0 Å². The van der Waals surface area contributed by atoms with E-state index in [9.17, 15) is 5.11 Å². The second kappa shape index (κ2) is 7.09. The molecule has 0 spiro atoms. The lowest BCUT2D eigenvalue weighted by Crippen LogP contribution is -2.39. The molecule has 1 heterocycles. The highest BCUT2D eigenvalue weighted by Gasteiger charge is 2.25. The molecular formula is C17H28N2O. The van der Waals surface area contributed by atoms with Crippen LogP contribution < -0.4 is 4.90 Å². The molecule has 3 nitrogen and oxygen atoms in total. The monoisotopic (exact) mass is 276 g/mol. The summed E-state index contributed by atoms with van der Waals surface area (Å²) >= 11 is 0. The molecule has 1 aromatic carbocycles. The van der Waals surface area contributed by atoms with Crippen LogP contribution in [0.15, 0.2) is 24.3 Å². The number of rotatable bonds is 6. The minimum absolute atomic E-state index is 0.362. The Hall–Kier alpha value is -1.06. The Morgan fingerprint density at radius 3 is 2.80 bits per heavy atom. The third kappa shape index (κ3) is 3.33. The molecule has 3 heteroatoms. The van der Waals surface area contributed by atoms with E-state index in [0.717, 1.165) is 25.1 Å². The maximum atomic E-state index is 10.2. The van der Waals surface area contributed by atoms with Gasteiger partial charge in [0.2, 0.25) is 0 Å². The zero-order valence-electron chi connectivity index (χ0n) is 13.0. The number of benzene rings is 1. The molecule has 1 aromatic rings. The number of anilines is 1. The molecule has 1 unspecified atom stereocenters. The molecule has 2 rings (SSSR count). The number of para-hydroxylation sites is 1. The van der Waals surface area contributed by atoms with E-state index in [4.69, 9.17) is 0 Å². The van der Waals surface area contributed by atoms with Crippen LogP contribution in [0.5, 0.6) is 0 Å². The van der Waals surface area contributed by atoms with Gasteiger partial charge in [-0.3, -0.25) is 4.90 Å². The van der Waals surface area contributed by atoms with Crippen LogP contribution in [0, 0.1) is 0 Å². The van der Waals surface area contributed by atoms with Crippen LogP contribution >= 0.6 is 0 Å². The van der Waals surface area contributed by atoms with Crippen LogP contribution in [0.2, 0.25) is 0 Å². The average molecular weight is 276 g/mol. The second-order valence-electron chi connectivity index (χ2n) is 5.79. The highest BCUT2D eigenvalue weighted by molar-refractivity contribution is 5.54. The molecule has 1 fully saturated rings. The Morgan fingerprint density at radius 2 is 2.10 bits per heavy atom. The van der Waals surface area contributed by atoms with E-state index in [1.807, 2.05) is 19.1 Å². The van der Waals surface area contributed by atoms with Crippen LogP contribution in [-0.2, 0) is 0 Å². The molecule has 0 saturated carbocycles. The lowest BCUT2D eigenvalue weighted by atomic mass is 10.0.